The number of carbonyl (C=O) groups excluding carboxylic acids is 1. The molecular formula is C16H19ClO. The monoisotopic (exact) mass is 262 g/mol. The highest BCUT2D eigenvalue weighted by molar-refractivity contribution is 6.31. The van der Waals surface area contributed by atoms with Crippen molar-refractivity contribution in [2.24, 2.45) is 0 Å². The lowest BCUT2D eigenvalue weighted by atomic mass is 9.94. The van der Waals surface area contributed by atoms with Crippen LogP contribution in [0.25, 0.3) is 0 Å². The van der Waals surface area contributed by atoms with E-state index in [0.29, 0.717) is 5.02 Å². The molecule has 1 aromatic carbocycles. The number of aryl methyl sites for hydroxylation is 1. The fourth-order valence-electron chi connectivity index (χ4n) is 2.32. The summed E-state index contributed by atoms with van der Waals surface area (Å²) in [4.78, 5) is 12.4. The summed E-state index contributed by atoms with van der Waals surface area (Å²) in [6, 6.07) is 5.58. The van der Waals surface area contributed by atoms with Crippen LogP contribution < -0.4 is 0 Å². The van der Waals surface area contributed by atoms with E-state index in [1.54, 1.807) is 6.07 Å². The number of hydrogen-bond acceptors (Lipinski definition) is 1. The van der Waals surface area contributed by atoms with Crippen molar-refractivity contribution in [3.63, 3.8) is 0 Å². The normalized spacial score (nSPS) is 19.6. The van der Waals surface area contributed by atoms with Crippen LogP contribution in [0.4, 0.5) is 0 Å². The van der Waals surface area contributed by atoms with Crippen LogP contribution in [-0.2, 0) is 0 Å². The molecule has 2 heteroatoms. The minimum Gasteiger partial charge on any atom is -0.289 e. The highest BCUT2D eigenvalue weighted by atomic mass is 35.5. The maximum absolute atomic E-state index is 12.4. The summed E-state index contributed by atoms with van der Waals surface area (Å²) in [5, 5.41) is 0.673. The average molecular weight is 263 g/mol. The van der Waals surface area contributed by atoms with E-state index in [9.17, 15) is 4.79 Å². The maximum Gasteiger partial charge on any atom is 0.188 e. The van der Waals surface area contributed by atoms with Gasteiger partial charge in [-0.05, 0) is 49.8 Å². The first-order valence-corrected chi connectivity index (χ1v) is 7.06. The maximum atomic E-state index is 12.4. The van der Waals surface area contributed by atoms with Crippen LogP contribution in [0.3, 0.4) is 0 Å². The van der Waals surface area contributed by atoms with Gasteiger partial charge < -0.3 is 0 Å². The van der Waals surface area contributed by atoms with Gasteiger partial charge in [-0.2, -0.15) is 0 Å². The molecule has 1 aliphatic rings. The van der Waals surface area contributed by atoms with Crippen molar-refractivity contribution in [3.8, 4) is 0 Å². The van der Waals surface area contributed by atoms with E-state index in [1.807, 2.05) is 19.1 Å². The fourth-order valence-corrected chi connectivity index (χ4v) is 2.50. The quantitative estimate of drug-likeness (QED) is 0.677. The smallest absolute Gasteiger partial charge is 0.188 e. The van der Waals surface area contributed by atoms with Crippen molar-refractivity contribution in [1.82, 2.24) is 0 Å². The summed E-state index contributed by atoms with van der Waals surface area (Å²) in [7, 11) is 0. The summed E-state index contributed by atoms with van der Waals surface area (Å²) in [6.07, 6.45) is 8.90. The minimum absolute atomic E-state index is 0.152. The summed E-state index contributed by atoms with van der Waals surface area (Å²) in [5.41, 5.74) is 2.70. The number of ketones is 1. The van der Waals surface area contributed by atoms with Gasteiger partial charge in [-0.1, -0.05) is 42.7 Å². The number of benzene rings is 1. The molecule has 0 aromatic heterocycles. The van der Waals surface area contributed by atoms with Crippen molar-refractivity contribution in [2.45, 2.75) is 45.4 Å². The lowest BCUT2D eigenvalue weighted by molar-refractivity contribution is 0.102. The second-order valence-corrected chi connectivity index (χ2v) is 5.38. The summed E-state index contributed by atoms with van der Waals surface area (Å²) >= 11 is 6.08. The van der Waals surface area contributed by atoms with E-state index in [0.717, 1.165) is 36.0 Å². The first-order valence-electron chi connectivity index (χ1n) is 6.68. The van der Waals surface area contributed by atoms with Crippen LogP contribution >= 0.6 is 11.6 Å². The molecule has 0 atom stereocenters. The number of allylic oxidation sites excluding steroid dienone is 2. The Morgan fingerprint density at radius 1 is 1.17 bits per heavy atom. The van der Waals surface area contributed by atoms with Gasteiger partial charge in [0.2, 0.25) is 0 Å². The number of Topliss-reactive ketones (excluding diaryl/α,β-unsaturated/α-hetero) is 1. The Morgan fingerprint density at radius 2 is 1.94 bits per heavy atom. The Kier molecular flexibility index (Phi) is 4.60. The molecule has 2 rings (SSSR count). The second kappa shape index (κ2) is 6.19. The fraction of sp³-hybridized carbons (Fsp3) is 0.438. The molecule has 0 saturated heterocycles. The Bertz CT molecular complexity index is 474. The minimum atomic E-state index is 0.152. The van der Waals surface area contributed by atoms with Crippen LogP contribution in [0.15, 0.2) is 29.8 Å². The third-order valence-electron chi connectivity index (χ3n) is 3.52. The zero-order chi connectivity index (χ0) is 13.0. The number of carbonyl (C=O) groups is 1. The Morgan fingerprint density at radius 3 is 2.72 bits per heavy atom. The van der Waals surface area contributed by atoms with Crippen LogP contribution in [0.1, 0.15) is 54.4 Å². The van der Waals surface area contributed by atoms with Gasteiger partial charge in [0, 0.05) is 10.6 Å². The molecule has 1 nitrogen and oxygen atoms in total. The van der Waals surface area contributed by atoms with Crippen molar-refractivity contribution in [1.29, 1.82) is 0 Å². The number of rotatable bonds is 2. The number of hydrogen-bond donors (Lipinski definition) is 0. The molecule has 0 saturated carbocycles. The molecule has 0 fully saturated rings. The summed E-state index contributed by atoms with van der Waals surface area (Å²) in [5.74, 6) is 0.152. The Balaban J connectivity index is 2.21. The van der Waals surface area contributed by atoms with E-state index in [2.05, 4.69) is 6.08 Å². The van der Waals surface area contributed by atoms with E-state index >= 15 is 0 Å². The molecule has 0 spiro atoms. The third kappa shape index (κ3) is 3.23. The summed E-state index contributed by atoms with van der Waals surface area (Å²) in [6.45, 7) is 1.95. The zero-order valence-electron chi connectivity index (χ0n) is 10.8. The van der Waals surface area contributed by atoms with Gasteiger partial charge in [0.05, 0.1) is 0 Å². The third-order valence-corrected chi connectivity index (χ3v) is 3.92. The van der Waals surface area contributed by atoms with Crippen molar-refractivity contribution < 1.29 is 4.79 Å². The summed E-state index contributed by atoms with van der Waals surface area (Å²) < 4.78 is 0. The van der Waals surface area contributed by atoms with Gasteiger partial charge in [0.1, 0.15) is 0 Å². The van der Waals surface area contributed by atoms with Gasteiger partial charge in [-0.15, -0.1) is 0 Å². The molecule has 0 N–H and O–H groups in total. The highest BCUT2D eigenvalue weighted by Crippen LogP contribution is 2.23. The largest absolute Gasteiger partial charge is 0.289 e. The van der Waals surface area contributed by atoms with Crippen LogP contribution in [-0.4, -0.2) is 5.78 Å². The van der Waals surface area contributed by atoms with Gasteiger partial charge in [-0.3, -0.25) is 4.79 Å². The van der Waals surface area contributed by atoms with Gasteiger partial charge in [0.25, 0.3) is 0 Å². The van der Waals surface area contributed by atoms with Gasteiger partial charge in [0.15, 0.2) is 5.78 Å². The van der Waals surface area contributed by atoms with Crippen molar-refractivity contribution in [3.05, 3.63) is 46.0 Å². The van der Waals surface area contributed by atoms with Crippen LogP contribution in [0.5, 0.6) is 0 Å². The molecule has 0 aliphatic heterocycles. The first kappa shape index (κ1) is 13.4. The van der Waals surface area contributed by atoms with E-state index in [1.165, 1.54) is 19.3 Å². The molecule has 1 aromatic rings. The van der Waals surface area contributed by atoms with E-state index in [4.69, 9.17) is 11.6 Å². The standard InChI is InChI=1S/C16H19ClO/c1-12-9-10-14(11-15(12)17)16(18)13-7-5-3-2-4-6-8-13/h7,9-11H,2-6,8H2,1H3/b13-7+. The van der Waals surface area contributed by atoms with Crippen LogP contribution in [0.2, 0.25) is 5.02 Å². The lowest BCUT2D eigenvalue weighted by Gasteiger charge is -2.11. The molecule has 0 amide bonds. The van der Waals surface area contributed by atoms with Crippen molar-refractivity contribution in [2.75, 3.05) is 0 Å². The molecular weight excluding hydrogens is 244 g/mol. The molecule has 0 radical (unpaired) electrons. The molecule has 1 aliphatic carbocycles. The van der Waals surface area contributed by atoms with Gasteiger partial charge in [-0.25, -0.2) is 0 Å². The predicted molar refractivity (Wildman–Crippen MR) is 76.3 cm³/mol. The second-order valence-electron chi connectivity index (χ2n) is 4.98. The molecule has 96 valence electrons. The lowest BCUT2D eigenvalue weighted by Crippen LogP contribution is -2.05. The van der Waals surface area contributed by atoms with E-state index in [-0.39, 0.29) is 5.78 Å². The first-order chi connectivity index (χ1) is 8.68. The van der Waals surface area contributed by atoms with E-state index < -0.39 is 0 Å². The molecule has 0 bridgehead atoms. The molecule has 0 unspecified atom stereocenters. The van der Waals surface area contributed by atoms with Gasteiger partial charge >= 0.3 is 0 Å². The predicted octanol–water partition coefficient (Wildman–Crippen LogP) is 5.11. The molecule has 0 heterocycles. The molecule has 18 heavy (non-hydrogen) atoms. The SMILES string of the molecule is Cc1ccc(C(=O)/C2=C/CCCCCC2)cc1Cl. The topological polar surface area (TPSA) is 17.1 Å². The number of halogens is 1. The average Bonchev–Trinajstić information content (AvgIpc) is 2.31. The highest BCUT2D eigenvalue weighted by Gasteiger charge is 2.14. The Labute approximate surface area is 114 Å². The van der Waals surface area contributed by atoms with Crippen molar-refractivity contribution >= 4 is 17.4 Å². The van der Waals surface area contributed by atoms with Crippen LogP contribution in [0, 0.1) is 6.92 Å². The zero-order valence-corrected chi connectivity index (χ0v) is 11.6. The Hall–Kier alpha value is -1.08.